The molecule has 0 aliphatic carbocycles. The predicted molar refractivity (Wildman–Crippen MR) is 97.2 cm³/mol. The summed E-state index contributed by atoms with van der Waals surface area (Å²) in [6, 6.07) is -2.10. The number of amides is 3. The van der Waals surface area contributed by atoms with Crippen molar-refractivity contribution in [2.24, 2.45) is 0 Å². The van der Waals surface area contributed by atoms with Crippen LogP contribution in [-0.4, -0.2) is 68.1 Å². The van der Waals surface area contributed by atoms with Crippen LogP contribution in [0.2, 0.25) is 0 Å². The van der Waals surface area contributed by atoms with E-state index < -0.39 is 45.6 Å². The molecule has 0 aromatic heterocycles. The quantitative estimate of drug-likeness (QED) is 0.226. The highest BCUT2D eigenvalue weighted by Gasteiger charge is 2.22. The van der Waals surface area contributed by atoms with Crippen LogP contribution in [-0.2, 0) is 29.2 Å². The highest BCUT2D eigenvalue weighted by molar-refractivity contribution is 7.89. The second-order valence-electron chi connectivity index (χ2n) is 6.02. The highest BCUT2D eigenvalue weighted by atomic mass is 32.2. The Bertz CT molecular complexity index is 636. The molecule has 156 valence electrons. The van der Waals surface area contributed by atoms with Crippen molar-refractivity contribution in [2.75, 3.05) is 18.8 Å². The van der Waals surface area contributed by atoms with E-state index in [9.17, 15) is 27.6 Å². The largest absolute Gasteiger partial charge is 0.480 e. The minimum Gasteiger partial charge on any atom is -0.480 e. The predicted octanol–water partition coefficient (Wildman–Crippen LogP) is -1.69. The summed E-state index contributed by atoms with van der Waals surface area (Å²) in [5.74, 6) is -2.90. The number of carbonyl (C=O) groups excluding carboxylic acids is 3. The molecule has 27 heavy (non-hydrogen) atoms. The molecular weight excluding hydrogens is 380 g/mol. The van der Waals surface area contributed by atoms with Crippen LogP contribution in [0.5, 0.6) is 0 Å². The first kappa shape index (κ1) is 24.8. The maximum Gasteiger partial charge on any atom is 0.321 e. The van der Waals surface area contributed by atoms with E-state index in [4.69, 9.17) is 5.11 Å². The summed E-state index contributed by atoms with van der Waals surface area (Å²) in [4.78, 5) is 44.9. The van der Waals surface area contributed by atoms with Gasteiger partial charge in [0, 0.05) is 26.9 Å². The van der Waals surface area contributed by atoms with Gasteiger partial charge >= 0.3 is 5.97 Å². The molecule has 0 saturated heterocycles. The molecule has 0 heterocycles. The van der Waals surface area contributed by atoms with Gasteiger partial charge in [0.05, 0.1) is 5.75 Å². The van der Waals surface area contributed by atoms with Crippen molar-refractivity contribution in [3.63, 3.8) is 0 Å². The van der Waals surface area contributed by atoms with Gasteiger partial charge in [0.1, 0.15) is 12.1 Å². The molecule has 0 bridgehead atoms. The lowest BCUT2D eigenvalue weighted by molar-refractivity contribution is -0.138. The van der Waals surface area contributed by atoms with Gasteiger partial charge in [-0.15, -0.1) is 0 Å². The number of rotatable bonds is 13. The molecule has 3 amide bonds. The second kappa shape index (κ2) is 12.2. The molecular formula is C15H28N4O7S. The van der Waals surface area contributed by atoms with Gasteiger partial charge in [-0.25, -0.2) is 13.1 Å². The Hall–Kier alpha value is -2.21. The Labute approximate surface area is 158 Å². The molecule has 2 atom stereocenters. The lowest BCUT2D eigenvalue weighted by Crippen LogP contribution is -2.48. The summed E-state index contributed by atoms with van der Waals surface area (Å²) in [5, 5.41) is 16.2. The van der Waals surface area contributed by atoms with Crippen molar-refractivity contribution >= 4 is 33.7 Å². The third-order valence-corrected chi connectivity index (χ3v) is 4.84. The van der Waals surface area contributed by atoms with Gasteiger partial charge in [-0.05, 0) is 26.2 Å². The first-order valence-electron chi connectivity index (χ1n) is 8.46. The SMILES string of the molecule is CC(=O)NCCCC[C@H](NC(C)=O)C(=O)NCCS(=O)(=O)N[C@H](C)C(=O)O. The van der Waals surface area contributed by atoms with E-state index in [2.05, 4.69) is 16.0 Å². The first-order valence-corrected chi connectivity index (χ1v) is 10.1. The van der Waals surface area contributed by atoms with E-state index in [0.717, 1.165) is 0 Å². The van der Waals surface area contributed by atoms with Crippen LogP contribution in [0.4, 0.5) is 0 Å². The van der Waals surface area contributed by atoms with Crippen molar-refractivity contribution < 1.29 is 32.7 Å². The van der Waals surface area contributed by atoms with Crippen LogP contribution in [0.25, 0.3) is 0 Å². The van der Waals surface area contributed by atoms with Gasteiger partial charge in [0.2, 0.25) is 27.7 Å². The Morgan fingerprint density at radius 3 is 2.11 bits per heavy atom. The van der Waals surface area contributed by atoms with E-state index >= 15 is 0 Å². The van der Waals surface area contributed by atoms with Crippen molar-refractivity contribution in [1.82, 2.24) is 20.7 Å². The lowest BCUT2D eigenvalue weighted by Gasteiger charge is -2.18. The third-order valence-electron chi connectivity index (χ3n) is 3.38. The molecule has 0 aromatic carbocycles. The molecule has 5 N–H and O–H groups in total. The zero-order valence-electron chi connectivity index (χ0n) is 15.7. The van der Waals surface area contributed by atoms with Crippen molar-refractivity contribution in [3.8, 4) is 0 Å². The molecule has 0 aliphatic rings. The highest BCUT2D eigenvalue weighted by Crippen LogP contribution is 2.01. The van der Waals surface area contributed by atoms with Crippen LogP contribution in [0.3, 0.4) is 0 Å². The van der Waals surface area contributed by atoms with Gasteiger partial charge in [-0.3, -0.25) is 19.2 Å². The van der Waals surface area contributed by atoms with E-state index in [-0.39, 0.29) is 12.5 Å². The van der Waals surface area contributed by atoms with Gasteiger partial charge in [-0.1, -0.05) is 0 Å². The molecule has 0 rings (SSSR count). The van der Waals surface area contributed by atoms with E-state index in [1.54, 1.807) is 0 Å². The van der Waals surface area contributed by atoms with Crippen LogP contribution in [0, 0.1) is 0 Å². The summed E-state index contributed by atoms with van der Waals surface area (Å²) >= 11 is 0. The fourth-order valence-corrected chi connectivity index (χ4v) is 3.19. The maximum atomic E-state index is 12.2. The van der Waals surface area contributed by atoms with E-state index in [1.807, 2.05) is 4.72 Å². The molecule has 0 spiro atoms. The molecule has 0 aromatic rings. The Morgan fingerprint density at radius 2 is 1.59 bits per heavy atom. The normalized spacial score (nSPS) is 13.3. The summed E-state index contributed by atoms with van der Waals surface area (Å²) in [6.07, 6.45) is 1.51. The third kappa shape index (κ3) is 12.7. The average molecular weight is 408 g/mol. The van der Waals surface area contributed by atoms with Gasteiger partial charge in [-0.2, -0.15) is 0 Å². The number of nitrogens with one attached hydrogen (secondary N) is 4. The smallest absolute Gasteiger partial charge is 0.321 e. The van der Waals surface area contributed by atoms with Gasteiger partial charge in [0.15, 0.2) is 0 Å². The second-order valence-corrected chi connectivity index (χ2v) is 7.89. The van der Waals surface area contributed by atoms with Crippen LogP contribution < -0.4 is 20.7 Å². The van der Waals surface area contributed by atoms with Crippen molar-refractivity contribution in [2.45, 2.75) is 52.1 Å². The first-order chi connectivity index (χ1) is 12.4. The van der Waals surface area contributed by atoms with E-state index in [0.29, 0.717) is 25.8 Å². The summed E-state index contributed by atoms with van der Waals surface area (Å²) < 4.78 is 25.5. The maximum absolute atomic E-state index is 12.2. The fourth-order valence-electron chi connectivity index (χ4n) is 2.06. The molecule has 0 unspecified atom stereocenters. The molecule has 0 saturated carbocycles. The number of hydrogen-bond acceptors (Lipinski definition) is 6. The molecule has 0 fully saturated rings. The number of aliphatic carboxylic acids is 1. The van der Waals surface area contributed by atoms with Gasteiger partial charge in [0.25, 0.3) is 0 Å². The Kier molecular flexibility index (Phi) is 11.2. The Morgan fingerprint density at radius 1 is 0.963 bits per heavy atom. The summed E-state index contributed by atoms with van der Waals surface area (Å²) in [7, 11) is -3.88. The number of carbonyl (C=O) groups is 4. The molecule has 0 radical (unpaired) electrons. The zero-order chi connectivity index (χ0) is 21.0. The zero-order valence-corrected chi connectivity index (χ0v) is 16.5. The van der Waals surface area contributed by atoms with Crippen LogP contribution in [0.15, 0.2) is 0 Å². The average Bonchev–Trinajstić information content (AvgIpc) is 2.51. The number of carboxylic acids is 1. The topological polar surface area (TPSA) is 171 Å². The molecule has 11 nitrogen and oxygen atoms in total. The molecule has 0 aliphatic heterocycles. The number of sulfonamides is 1. The monoisotopic (exact) mass is 408 g/mol. The van der Waals surface area contributed by atoms with Crippen molar-refractivity contribution in [3.05, 3.63) is 0 Å². The fraction of sp³-hybridized carbons (Fsp3) is 0.733. The van der Waals surface area contributed by atoms with Crippen molar-refractivity contribution in [1.29, 1.82) is 0 Å². The van der Waals surface area contributed by atoms with Crippen LogP contribution in [0.1, 0.15) is 40.0 Å². The number of carboxylic acid groups (broad SMARTS) is 1. The standard InChI is InChI=1S/C15H28N4O7S/c1-10(15(23)24)19-27(25,26)9-8-17-14(22)13(18-12(3)21)6-4-5-7-16-11(2)20/h10,13,19H,4-9H2,1-3H3,(H,16,20)(H,17,22)(H,18,21)(H,23,24)/t10-,13+/m1/s1. The van der Waals surface area contributed by atoms with E-state index in [1.165, 1.54) is 20.8 Å². The molecule has 12 heteroatoms. The minimum absolute atomic E-state index is 0.154. The number of unbranched alkanes of at least 4 members (excludes halogenated alkanes) is 1. The summed E-state index contributed by atoms with van der Waals surface area (Å²) in [5.41, 5.74) is 0. The summed E-state index contributed by atoms with van der Waals surface area (Å²) in [6.45, 7) is 4.07. The van der Waals surface area contributed by atoms with Crippen LogP contribution >= 0.6 is 0 Å². The lowest BCUT2D eigenvalue weighted by atomic mass is 10.1. The Balaban J connectivity index is 4.44. The van der Waals surface area contributed by atoms with Gasteiger partial charge < -0.3 is 21.1 Å². The minimum atomic E-state index is -3.88. The number of hydrogen-bond donors (Lipinski definition) is 5.